The highest BCUT2D eigenvalue weighted by Crippen LogP contribution is 2.73. The van der Waals surface area contributed by atoms with Gasteiger partial charge in [0.2, 0.25) is 0 Å². The van der Waals surface area contributed by atoms with Crippen LogP contribution in [0.3, 0.4) is 0 Å². The molecular formula is C20H26. The summed E-state index contributed by atoms with van der Waals surface area (Å²) >= 11 is 0. The summed E-state index contributed by atoms with van der Waals surface area (Å²) in [5.41, 5.74) is 6.58. The minimum Gasteiger partial charge on any atom is -0.0838 e. The van der Waals surface area contributed by atoms with Crippen molar-refractivity contribution >= 4 is 0 Å². The molecule has 4 atom stereocenters. The Hall–Kier alpha value is -0.780. The molecule has 3 saturated carbocycles. The Labute approximate surface area is 123 Å². The van der Waals surface area contributed by atoms with E-state index in [-0.39, 0.29) is 0 Å². The molecule has 3 fully saturated rings. The lowest BCUT2D eigenvalue weighted by Crippen LogP contribution is -2.44. The van der Waals surface area contributed by atoms with Crippen LogP contribution in [0, 0.1) is 22.7 Å². The zero-order valence-electron chi connectivity index (χ0n) is 12.8. The van der Waals surface area contributed by atoms with Crippen LogP contribution in [0.1, 0.15) is 64.7 Å². The van der Waals surface area contributed by atoms with Crippen LogP contribution in [0.5, 0.6) is 0 Å². The minimum atomic E-state index is 0.537. The summed E-state index contributed by atoms with van der Waals surface area (Å²) in [6, 6.07) is 0. The molecule has 5 aliphatic rings. The first-order valence-electron chi connectivity index (χ1n) is 8.85. The number of allylic oxidation sites excluding steroid dienone is 6. The molecule has 0 radical (unpaired) electrons. The Morgan fingerprint density at radius 1 is 1.00 bits per heavy atom. The molecule has 5 aliphatic carbocycles. The maximum Gasteiger partial charge on any atom is 0.00465 e. The van der Waals surface area contributed by atoms with E-state index in [0.29, 0.717) is 10.8 Å². The topological polar surface area (TPSA) is 0 Å². The van der Waals surface area contributed by atoms with Crippen molar-refractivity contribution in [1.29, 1.82) is 0 Å². The molecule has 0 aromatic heterocycles. The molecule has 0 unspecified atom stereocenters. The molecule has 5 rings (SSSR count). The van der Waals surface area contributed by atoms with Gasteiger partial charge < -0.3 is 0 Å². The maximum atomic E-state index is 2.62. The van der Waals surface area contributed by atoms with Gasteiger partial charge in [0.25, 0.3) is 0 Å². The standard InChI is InChI=1S/C20H26/c1-19-11-10-17-16-5-3-2-4-14(16)6-7-18(17)20(19)12-8-15(19)9-13-20/h6-8,16-17H,2-5,9-13H2,1H3/t16-,17+,19-,20+/m0/s1. The van der Waals surface area contributed by atoms with Gasteiger partial charge in [-0.05, 0) is 68.6 Å². The number of fused-ring (bicyclic) bond motifs is 3. The van der Waals surface area contributed by atoms with Gasteiger partial charge in [-0.2, -0.15) is 0 Å². The van der Waals surface area contributed by atoms with Gasteiger partial charge in [-0.25, -0.2) is 0 Å². The Morgan fingerprint density at radius 2 is 1.95 bits per heavy atom. The van der Waals surface area contributed by atoms with E-state index in [2.05, 4.69) is 25.2 Å². The van der Waals surface area contributed by atoms with Crippen molar-refractivity contribution < 1.29 is 0 Å². The van der Waals surface area contributed by atoms with Crippen LogP contribution in [-0.4, -0.2) is 0 Å². The molecule has 0 amide bonds. The molecule has 2 bridgehead atoms. The summed E-state index contributed by atoms with van der Waals surface area (Å²) in [5, 5.41) is 0. The molecule has 0 spiro atoms. The molecule has 0 saturated heterocycles. The summed E-state index contributed by atoms with van der Waals surface area (Å²) in [6.45, 7) is 2.59. The molecule has 0 aliphatic heterocycles. The van der Waals surface area contributed by atoms with Crippen LogP contribution < -0.4 is 0 Å². The van der Waals surface area contributed by atoms with Gasteiger partial charge in [-0.1, -0.05) is 48.3 Å². The number of rotatable bonds is 0. The molecule has 106 valence electrons. The third kappa shape index (κ3) is 1.17. The zero-order valence-corrected chi connectivity index (χ0v) is 12.8. The van der Waals surface area contributed by atoms with Crippen LogP contribution in [0.2, 0.25) is 0 Å². The summed E-state index contributed by atoms with van der Waals surface area (Å²) in [7, 11) is 0. The van der Waals surface area contributed by atoms with Crippen molar-refractivity contribution in [2.75, 3.05) is 0 Å². The second-order valence-corrected chi connectivity index (χ2v) is 8.21. The molecule has 0 heteroatoms. The lowest BCUT2D eigenvalue weighted by molar-refractivity contribution is 0.0884. The Morgan fingerprint density at radius 3 is 2.80 bits per heavy atom. The van der Waals surface area contributed by atoms with E-state index in [1.165, 1.54) is 57.8 Å². The van der Waals surface area contributed by atoms with E-state index < -0.39 is 0 Å². The van der Waals surface area contributed by atoms with Gasteiger partial charge in [0.05, 0.1) is 0 Å². The van der Waals surface area contributed by atoms with Gasteiger partial charge in [0.15, 0.2) is 0 Å². The van der Waals surface area contributed by atoms with Crippen LogP contribution in [0.15, 0.2) is 34.9 Å². The molecule has 0 N–H and O–H groups in total. The highest BCUT2D eigenvalue weighted by Gasteiger charge is 2.62. The van der Waals surface area contributed by atoms with Crippen molar-refractivity contribution in [3.8, 4) is 0 Å². The van der Waals surface area contributed by atoms with Crippen molar-refractivity contribution in [3.63, 3.8) is 0 Å². The number of hydrogen-bond acceptors (Lipinski definition) is 0. The normalized spacial score (nSPS) is 48.8. The van der Waals surface area contributed by atoms with Crippen LogP contribution in [0.25, 0.3) is 0 Å². The lowest BCUT2D eigenvalue weighted by atomic mass is 9.50. The quantitative estimate of drug-likeness (QED) is 0.503. The Balaban J connectivity index is 1.64. The molecule has 0 aromatic carbocycles. The van der Waals surface area contributed by atoms with E-state index in [0.717, 1.165) is 11.8 Å². The maximum absolute atomic E-state index is 2.62. The monoisotopic (exact) mass is 266 g/mol. The number of hydrogen-bond donors (Lipinski definition) is 0. The van der Waals surface area contributed by atoms with Crippen LogP contribution in [0.4, 0.5) is 0 Å². The minimum absolute atomic E-state index is 0.537. The molecule has 0 nitrogen and oxygen atoms in total. The fourth-order valence-corrected chi connectivity index (χ4v) is 6.72. The average molecular weight is 266 g/mol. The van der Waals surface area contributed by atoms with Crippen molar-refractivity contribution in [2.45, 2.75) is 64.7 Å². The van der Waals surface area contributed by atoms with Crippen molar-refractivity contribution in [2.24, 2.45) is 22.7 Å². The highest BCUT2D eigenvalue weighted by molar-refractivity contribution is 5.46. The van der Waals surface area contributed by atoms with Gasteiger partial charge in [-0.15, -0.1) is 0 Å². The SMILES string of the molecule is C[C@@]12CC[C@H]3C(=CC=C4CCCC[C@@H]43)[C@]13CC=C2CC3. The summed E-state index contributed by atoms with van der Waals surface area (Å²) in [6.07, 6.45) is 20.7. The lowest BCUT2D eigenvalue weighted by Gasteiger charge is -2.53. The zero-order chi connectivity index (χ0) is 13.4. The molecule has 0 heterocycles. The van der Waals surface area contributed by atoms with Crippen LogP contribution in [-0.2, 0) is 0 Å². The largest absolute Gasteiger partial charge is 0.0838 e. The van der Waals surface area contributed by atoms with E-state index >= 15 is 0 Å². The first-order chi connectivity index (χ1) is 9.75. The van der Waals surface area contributed by atoms with Gasteiger partial charge >= 0.3 is 0 Å². The van der Waals surface area contributed by atoms with E-state index in [9.17, 15) is 0 Å². The summed E-state index contributed by atoms with van der Waals surface area (Å²) < 4.78 is 0. The smallest absolute Gasteiger partial charge is 0.00465 e. The first kappa shape index (κ1) is 11.8. The Bertz CT molecular complexity index is 561. The fraction of sp³-hybridized carbons (Fsp3) is 0.700. The van der Waals surface area contributed by atoms with E-state index in [1.54, 1.807) is 5.57 Å². The van der Waals surface area contributed by atoms with E-state index in [1.807, 2.05) is 11.1 Å². The summed E-state index contributed by atoms with van der Waals surface area (Å²) in [4.78, 5) is 0. The van der Waals surface area contributed by atoms with Gasteiger partial charge in [-0.3, -0.25) is 0 Å². The highest BCUT2D eigenvalue weighted by atomic mass is 14.7. The van der Waals surface area contributed by atoms with Crippen LogP contribution >= 0.6 is 0 Å². The molecular weight excluding hydrogens is 240 g/mol. The van der Waals surface area contributed by atoms with Gasteiger partial charge in [0.1, 0.15) is 0 Å². The predicted molar refractivity (Wildman–Crippen MR) is 83.3 cm³/mol. The van der Waals surface area contributed by atoms with Gasteiger partial charge in [0, 0.05) is 5.41 Å². The predicted octanol–water partition coefficient (Wildman–Crippen LogP) is 5.57. The third-order valence-electron chi connectivity index (χ3n) is 7.86. The van der Waals surface area contributed by atoms with E-state index in [4.69, 9.17) is 0 Å². The van der Waals surface area contributed by atoms with Crippen molar-refractivity contribution in [1.82, 2.24) is 0 Å². The second kappa shape index (κ2) is 3.70. The Kier molecular flexibility index (Phi) is 2.19. The van der Waals surface area contributed by atoms with Crippen molar-refractivity contribution in [3.05, 3.63) is 34.9 Å². The first-order valence-corrected chi connectivity index (χ1v) is 8.85. The third-order valence-corrected chi connectivity index (χ3v) is 7.86. The molecule has 0 aromatic rings. The molecule has 20 heavy (non-hydrogen) atoms. The average Bonchev–Trinajstić information content (AvgIpc) is 2.96. The second-order valence-electron chi connectivity index (χ2n) is 8.21. The fourth-order valence-electron chi connectivity index (χ4n) is 6.72. The summed E-state index contributed by atoms with van der Waals surface area (Å²) in [5.74, 6) is 1.83.